The Morgan fingerprint density at radius 1 is 1.31 bits per heavy atom. The van der Waals surface area contributed by atoms with Gasteiger partial charge in [0.15, 0.2) is 0 Å². The van der Waals surface area contributed by atoms with Crippen LogP contribution in [0, 0.1) is 11.7 Å². The zero-order valence-corrected chi connectivity index (χ0v) is 8.81. The number of hydrogen-bond donors (Lipinski definition) is 0. The molecular weight excluding hydrogens is 220 g/mol. The maximum Gasteiger partial charge on any atom is 0.419 e. The molecule has 0 bridgehead atoms. The predicted octanol–water partition coefficient (Wildman–Crippen LogP) is 4.36. The molecule has 1 saturated carbocycles. The zero-order valence-electron chi connectivity index (χ0n) is 8.81. The summed E-state index contributed by atoms with van der Waals surface area (Å²) in [5.41, 5.74) is -0.535. The van der Waals surface area contributed by atoms with Gasteiger partial charge in [0, 0.05) is 0 Å². The molecule has 0 nitrogen and oxygen atoms in total. The standard InChI is InChI=1S/C12H12F4/c1-2-7-5-9(7)8-3-4-11(13)10(6-8)12(14,15)16/h3-4,6-7,9H,2,5H2,1H3/t7-,9-/m0/s1. The minimum absolute atomic E-state index is 0.187. The summed E-state index contributed by atoms with van der Waals surface area (Å²) in [6.45, 7) is 2.01. The van der Waals surface area contributed by atoms with Gasteiger partial charge < -0.3 is 0 Å². The summed E-state index contributed by atoms with van der Waals surface area (Å²) in [5.74, 6) is -0.539. The van der Waals surface area contributed by atoms with Crippen LogP contribution < -0.4 is 0 Å². The molecule has 4 heteroatoms. The van der Waals surface area contributed by atoms with Crippen LogP contribution in [-0.2, 0) is 6.18 Å². The highest BCUT2D eigenvalue weighted by atomic mass is 19.4. The van der Waals surface area contributed by atoms with Crippen molar-refractivity contribution in [3.63, 3.8) is 0 Å². The highest BCUT2D eigenvalue weighted by Crippen LogP contribution is 2.50. The molecule has 88 valence electrons. The van der Waals surface area contributed by atoms with Gasteiger partial charge >= 0.3 is 6.18 Å². The van der Waals surface area contributed by atoms with Crippen LogP contribution in [0.25, 0.3) is 0 Å². The first-order valence-corrected chi connectivity index (χ1v) is 5.30. The van der Waals surface area contributed by atoms with Gasteiger partial charge in [-0.05, 0) is 36.0 Å². The number of hydrogen-bond acceptors (Lipinski definition) is 0. The molecule has 0 unspecified atom stereocenters. The van der Waals surface area contributed by atoms with Crippen molar-refractivity contribution < 1.29 is 17.6 Å². The van der Waals surface area contributed by atoms with Gasteiger partial charge in [0.25, 0.3) is 0 Å². The molecule has 0 aliphatic heterocycles. The molecule has 0 saturated heterocycles. The summed E-state index contributed by atoms with van der Waals surface area (Å²) in [5, 5.41) is 0. The van der Waals surface area contributed by atoms with E-state index in [-0.39, 0.29) is 5.92 Å². The fourth-order valence-electron chi connectivity index (χ4n) is 2.10. The van der Waals surface area contributed by atoms with Crippen LogP contribution >= 0.6 is 0 Å². The van der Waals surface area contributed by atoms with Gasteiger partial charge in [0.1, 0.15) is 5.82 Å². The van der Waals surface area contributed by atoms with Crippen molar-refractivity contribution in [1.29, 1.82) is 0 Å². The molecule has 0 heterocycles. The average molecular weight is 232 g/mol. The van der Waals surface area contributed by atoms with E-state index in [1.807, 2.05) is 6.92 Å². The fourth-order valence-corrected chi connectivity index (χ4v) is 2.10. The van der Waals surface area contributed by atoms with E-state index in [4.69, 9.17) is 0 Å². The molecule has 2 rings (SSSR count). The minimum atomic E-state index is -4.60. The van der Waals surface area contributed by atoms with Crippen molar-refractivity contribution in [1.82, 2.24) is 0 Å². The Labute approximate surface area is 91.3 Å². The van der Waals surface area contributed by atoms with Gasteiger partial charge in [0.05, 0.1) is 5.56 Å². The van der Waals surface area contributed by atoms with Gasteiger partial charge in [-0.1, -0.05) is 19.4 Å². The van der Waals surface area contributed by atoms with E-state index in [1.165, 1.54) is 6.07 Å². The molecule has 0 amide bonds. The van der Waals surface area contributed by atoms with Crippen LogP contribution in [0.1, 0.15) is 36.8 Å². The molecule has 1 aromatic rings. The Bertz CT molecular complexity index is 394. The lowest BCUT2D eigenvalue weighted by Gasteiger charge is -2.09. The summed E-state index contributed by atoms with van der Waals surface area (Å²) in [7, 11) is 0. The third-order valence-corrected chi connectivity index (χ3v) is 3.17. The SMILES string of the molecule is CC[C@H]1C[C@@H]1c1ccc(F)c(C(F)(F)F)c1. The van der Waals surface area contributed by atoms with Crippen LogP contribution in [0.5, 0.6) is 0 Å². The normalized spacial score (nSPS) is 24.6. The Morgan fingerprint density at radius 3 is 2.50 bits per heavy atom. The molecule has 0 N–H and O–H groups in total. The lowest BCUT2D eigenvalue weighted by Crippen LogP contribution is -2.08. The largest absolute Gasteiger partial charge is 0.419 e. The van der Waals surface area contributed by atoms with E-state index >= 15 is 0 Å². The van der Waals surface area contributed by atoms with Crippen molar-refractivity contribution in [3.8, 4) is 0 Å². The van der Waals surface area contributed by atoms with Crippen molar-refractivity contribution in [3.05, 3.63) is 35.1 Å². The number of rotatable bonds is 2. The molecule has 1 aromatic carbocycles. The third kappa shape index (κ3) is 2.06. The van der Waals surface area contributed by atoms with Crippen LogP contribution in [0.3, 0.4) is 0 Å². The first-order chi connectivity index (χ1) is 7.43. The maximum absolute atomic E-state index is 13.0. The number of alkyl halides is 3. The second kappa shape index (κ2) is 3.75. The van der Waals surface area contributed by atoms with Gasteiger partial charge in [-0.3, -0.25) is 0 Å². The molecule has 1 fully saturated rings. The molecular formula is C12H12F4. The molecule has 16 heavy (non-hydrogen) atoms. The third-order valence-electron chi connectivity index (χ3n) is 3.17. The lowest BCUT2D eigenvalue weighted by atomic mass is 10.0. The molecule has 1 aliphatic carbocycles. The smallest absolute Gasteiger partial charge is 0.206 e. The van der Waals surface area contributed by atoms with E-state index in [1.54, 1.807) is 0 Å². The quantitative estimate of drug-likeness (QED) is 0.664. The molecule has 1 aliphatic rings. The highest BCUT2D eigenvalue weighted by Gasteiger charge is 2.39. The van der Waals surface area contributed by atoms with Crippen LogP contribution in [0.4, 0.5) is 17.6 Å². The van der Waals surface area contributed by atoms with Gasteiger partial charge in [-0.15, -0.1) is 0 Å². The van der Waals surface area contributed by atoms with Crippen molar-refractivity contribution in [2.45, 2.75) is 31.9 Å². The fraction of sp³-hybridized carbons (Fsp3) is 0.500. The minimum Gasteiger partial charge on any atom is -0.206 e. The summed E-state index contributed by atoms with van der Waals surface area (Å²) in [6, 6.07) is 3.34. The first-order valence-electron chi connectivity index (χ1n) is 5.30. The van der Waals surface area contributed by atoms with E-state index in [2.05, 4.69) is 0 Å². The van der Waals surface area contributed by atoms with Gasteiger partial charge in [-0.2, -0.15) is 13.2 Å². The monoisotopic (exact) mass is 232 g/mol. The second-order valence-corrected chi connectivity index (χ2v) is 4.25. The summed E-state index contributed by atoms with van der Waals surface area (Å²) in [4.78, 5) is 0. The Hall–Kier alpha value is -1.06. The van der Waals surface area contributed by atoms with Crippen LogP contribution in [0.15, 0.2) is 18.2 Å². The van der Waals surface area contributed by atoms with Crippen molar-refractivity contribution in [2.75, 3.05) is 0 Å². The second-order valence-electron chi connectivity index (χ2n) is 4.25. The molecule has 0 radical (unpaired) electrons. The molecule has 2 atom stereocenters. The van der Waals surface area contributed by atoms with Gasteiger partial charge in [-0.25, -0.2) is 4.39 Å². The highest BCUT2D eigenvalue weighted by molar-refractivity contribution is 5.32. The topological polar surface area (TPSA) is 0 Å². The molecule has 0 aromatic heterocycles. The average Bonchev–Trinajstić information content (AvgIpc) is 2.96. The van der Waals surface area contributed by atoms with Crippen LogP contribution in [-0.4, -0.2) is 0 Å². The summed E-state index contributed by atoms with van der Waals surface area (Å²) >= 11 is 0. The van der Waals surface area contributed by atoms with Gasteiger partial charge in [0.2, 0.25) is 0 Å². The lowest BCUT2D eigenvalue weighted by molar-refractivity contribution is -0.140. The predicted molar refractivity (Wildman–Crippen MR) is 52.5 cm³/mol. The van der Waals surface area contributed by atoms with Crippen molar-refractivity contribution in [2.24, 2.45) is 5.92 Å². The van der Waals surface area contributed by atoms with E-state index in [9.17, 15) is 17.6 Å². The maximum atomic E-state index is 13.0. The van der Waals surface area contributed by atoms with Crippen molar-refractivity contribution >= 4 is 0 Å². The Kier molecular flexibility index (Phi) is 2.68. The van der Waals surface area contributed by atoms with Crippen LogP contribution in [0.2, 0.25) is 0 Å². The van der Waals surface area contributed by atoms with E-state index in [0.29, 0.717) is 11.5 Å². The van der Waals surface area contributed by atoms with E-state index < -0.39 is 17.6 Å². The van der Waals surface area contributed by atoms with E-state index in [0.717, 1.165) is 25.0 Å². The number of halogens is 4. The summed E-state index contributed by atoms with van der Waals surface area (Å²) in [6.07, 6.45) is -2.72. The Morgan fingerprint density at radius 2 is 2.00 bits per heavy atom. The number of benzene rings is 1. The summed E-state index contributed by atoms with van der Waals surface area (Å²) < 4.78 is 50.4. The zero-order chi connectivity index (χ0) is 11.9. The molecule has 0 spiro atoms. The Balaban J connectivity index is 2.30. The first kappa shape index (κ1) is 11.4.